The largest absolute Gasteiger partial charge is 0.444 e. The average Bonchev–Trinajstić information content (AvgIpc) is 2.24. The third-order valence-corrected chi connectivity index (χ3v) is 1.89. The highest BCUT2D eigenvalue weighted by molar-refractivity contribution is 5.84. The zero-order valence-electron chi connectivity index (χ0n) is 10.7. The normalized spacial score (nSPS) is 10.4. The van der Waals surface area contributed by atoms with Gasteiger partial charge in [-0.1, -0.05) is 17.2 Å². The average molecular weight is 248 g/mol. The van der Waals surface area contributed by atoms with Gasteiger partial charge in [0, 0.05) is 10.6 Å². The first-order chi connectivity index (χ1) is 8.40. The first-order valence-corrected chi connectivity index (χ1v) is 5.50. The molecule has 1 amide bonds. The van der Waals surface area contributed by atoms with Gasteiger partial charge in [-0.25, -0.2) is 4.79 Å². The fourth-order valence-corrected chi connectivity index (χ4v) is 1.28. The number of hydrogen-bond donors (Lipinski definition) is 1. The van der Waals surface area contributed by atoms with Crippen molar-refractivity contribution in [1.29, 1.82) is 0 Å². The van der Waals surface area contributed by atoms with Gasteiger partial charge in [0.25, 0.3) is 0 Å². The highest BCUT2D eigenvalue weighted by Gasteiger charge is 2.16. The van der Waals surface area contributed by atoms with Crippen LogP contribution in [0.5, 0.6) is 0 Å². The molecule has 0 radical (unpaired) electrons. The van der Waals surface area contributed by atoms with Crippen LogP contribution in [-0.4, -0.2) is 11.7 Å². The number of hydrogen-bond acceptors (Lipinski definition) is 3. The predicted octanol–water partition coefficient (Wildman–Crippen LogP) is 3.84. The molecule has 0 unspecified atom stereocenters. The van der Waals surface area contributed by atoms with E-state index in [1.807, 2.05) is 6.07 Å². The third kappa shape index (κ3) is 5.23. The van der Waals surface area contributed by atoms with Gasteiger partial charge in [-0.05, 0) is 44.0 Å². The van der Waals surface area contributed by atoms with Crippen molar-refractivity contribution in [3.8, 4) is 0 Å². The summed E-state index contributed by atoms with van der Waals surface area (Å²) < 4.78 is 5.13. The second-order valence-electron chi connectivity index (χ2n) is 4.72. The molecule has 0 aliphatic heterocycles. The van der Waals surface area contributed by atoms with E-state index in [1.165, 1.54) is 0 Å². The Kier molecular flexibility index (Phi) is 4.57. The van der Waals surface area contributed by atoms with Gasteiger partial charge in [-0.3, -0.25) is 5.32 Å². The van der Waals surface area contributed by atoms with E-state index >= 15 is 0 Å². The fraction of sp³-hybridized carbons (Fsp3) is 0.417. The maximum Gasteiger partial charge on any atom is 0.412 e. The minimum absolute atomic E-state index is 0.250. The summed E-state index contributed by atoms with van der Waals surface area (Å²) in [5.41, 5.74) is 9.13. The molecule has 0 heterocycles. The van der Waals surface area contributed by atoms with Crippen molar-refractivity contribution < 1.29 is 9.53 Å². The van der Waals surface area contributed by atoms with E-state index in [-0.39, 0.29) is 6.54 Å². The van der Waals surface area contributed by atoms with Gasteiger partial charge in [-0.15, -0.1) is 0 Å². The minimum Gasteiger partial charge on any atom is -0.444 e. The molecule has 0 aromatic heterocycles. The molecule has 18 heavy (non-hydrogen) atoms. The second-order valence-corrected chi connectivity index (χ2v) is 4.72. The predicted molar refractivity (Wildman–Crippen MR) is 69.1 cm³/mol. The number of benzene rings is 1. The van der Waals surface area contributed by atoms with Gasteiger partial charge in [0.15, 0.2) is 0 Å². The zero-order chi connectivity index (χ0) is 13.6. The first-order valence-electron chi connectivity index (χ1n) is 5.50. The molecule has 96 valence electrons. The molecule has 0 aliphatic rings. The molecule has 1 aromatic rings. The Morgan fingerprint density at radius 2 is 2.22 bits per heavy atom. The van der Waals surface area contributed by atoms with Crippen LogP contribution in [-0.2, 0) is 11.3 Å². The van der Waals surface area contributed by atoms with E-state index in [1.54, 1.807) is 39.0 Å². The number of nitrogens with one attached hydrogen (secondary N) is 1. The SMILES string of the molecule is CC(C)(C)OC(=O)Nc1cccc(CN=[N+]=[N-])c1. The molecule has 1 rings (SSSR count). The van der Waals surface area contributed by atoms with Crippen LogP contribution in [0.25, 0.3) is 10.4 Å². The summed E-state index contributed by atoms with van der Waals surface area (Å²) in [6, 6.07) is 7.06. The van der Waals surface area contributed by atoms with Gasteiger partial charge in [0.05, 0.1) is 6.54 Å². The lowest BCUT2D eigenvalue weighted by Gasteiger charge is -2.19. The molecule has 0 spiro atoms. The quantitative estimate of drug-likeness (QED) is 0.500. The monoisotopic (exact) mass is 248 g/mol. The summed E-state index contributed by atoms with van der Waals surface area (Å²) in [6.07, 6.45) is -0.511. The topological polar surface area (TPSA) is 87.1 Å². The Hall–Kier alpha value is -2.20. The van der Waals surface area contributed by atoms with E-state index in [0.29, 0.717) is 5.69 Å². The lowest BCUT2D eigenvalue weighted by molar-refractivity contribution is 0.0636. The van der Waals surface area contributed by atoms with Crippen molar-refractivity contribution in [2.45, 2.75) is 32.9 Å². The van der Waals surface area contributed by atoms with Crippen molar-refractivity contribution in [3.63, 3.8) is 0 Å². The zero-order valence-corrected chi connectivity index (χ0v) is 10.7. The van der Waals surface area contributed by atoms with E-state index in [9.17, 15) is 4.79 Å². The van der Waals surface area contributed by atoms with Crippen LogP contribution >= 0.6 is 0 Å². The number of rotatable bonds is 3. The van der Waals surface area contributed by atoms with E-state index in [4.69, 9.17) is 10.3 Å². The first kappa shape index (κ1) is 13.9. The lowest BCUT2D eigenvalue weighted by atomic mass is 10.2. The second kappa shape index (κ2) is 5.93. The van der Waals surface area contributed by atoms with Gasteiger partial charge in [-0.2, -0.15) is 0 Å². The number of amides is 1. The van der Waals surface area contributed by atoms with Crippen LogP contribution in [0.3, 0.4) is 0 Å². The van der Waals surface area contributed by atoms with Crippen LogP contribution in [0.1, 0.15) is 26.3 Å². The third-order valence-electron chi connectivity index (χ3n) is 1.89. The molecule has 0 bridgehead atoms. The van der Waals surface area contributed by atoms with Crippen molar-refractivity contribution in [3.05, 3.63) is 40.3 Å². The molecule has 6 nitrogen and oxygen atoms in total. The maximum atomic E-state index is 11.5. The molecular weight excluding hydrogens is 232 g/mol. The highest BCUT2D eigenvalue weighted by atomic mass is 16.6. The number of nitrogens with zero attached hydrogens (tertiary/aromatic N) is 3. The highest BCUT2D eigenvalue weighted by Crippen LogP contribution is 2.14. The van der Waals surface area contributed by atoms with E-state index in [2.05, 4.69) is 15.3 Å². The van der Waals surface area contributed by atoms with Gasteiger partial charge < -0.3 is 4.74 Å². The van der Waals surface area contributed by atoms with Crippen LogP contribution in [0.2, 0.25) is 0 Å². The summed E-state index contributed by atoms with van der Waals surface area (Å²) in [7, 11) is 0. The molecule has 1 N–H and O–H groups in total. The Balaban J connectivity index is 2.67. The Bertz CT molecular complexity index is 473. The van der Waals surface area contributed by atoms with Gasteiger partial charge >= 0.3 is 6.09 Å². The van der Waals surface area contributed by atoms with Crippen molar-refractivity contribution >= 4 is 11.8 Å². The Morgan fingerprint density at radius 1 is 1.50 bits per heavy atom. The number of ether oxygens (including phenoxy) is 1. The summed E-state index contributed by atoms with van der Waals surface area (Å²) >= 11 is 0. The summed E-state index contributed by atoms with van der Waals surface area (Å²) in [6.45, 7) is 5.64. The van der Waals surface area contributed by atoms with E-state index < -0.39 is 11.7 Å². The number of azide groups is 1. The Labute approximate surface area is 106 Å². The molecule has 0 atom stereocenters. The van der Waals surface area contributed by atoms with Crippen molar-refractivity contribution in [2.75, 3.05) is 5.32 Å². The number of carbonyl (C=O) groups excluding carboxylic acids is 1. The van der Waals surface area contributed by atoms with Crippen molar-refractivity contribution in [1.82, 2.24) is 0 Å². The van der Waals surface area contributed by atoms with Crippen LogP contribution in [0.4, 0.5) is 10.5 Å². The van der Waals surface area contributed by atoms with Gasteiger partial charge in [0.2, 0.25) is 0 Å². The Morgan fingerprint density at radius 3 is 2.83 bits per heavy atom. The molecule has 0 saturated carbocycles. The smallest absolute Gasteiger partial charge is 0.412 e. The van der Waals surface area contributed by atoms with Gasteiger partial charge in [0.1, 0.15) is 5.60 Å². The molecule has 0 saturated heterocycles. The number of anilines is 1. The molecule has 0 fully saturated rings. The van der Waals surface area contributed by atoms with Crippen LogP contribution in [0, 0.1) is 0 Å². The fourth-order valence-electron chi connectivity index (χ4n) is 1.28. The molecule has 1 aromatic carbocycles. The standard InChI is InChI=1S/C12H16N4O2/c1-12(2,3)18-11(17)15-10-6-4-5-9(7-10)8-14-16-13/h4-7H,8H2,1-3H3,(H,15,17). The summed E-state index contributed by atoms with van der Waals surface area (Å²) in [4.78, 5) is 14.2. The van der Waals surface area contributed by atoms with Crippen molar-refractivity contribution in [2.24, 2.45) is 5.11 Å². The van der Waals surface area contributed by atoms with E-state index in [0.717, 1.165) is 5.56 Å². The molecule has 0 aliphatic carbocycles. The molecule has 6 heteroatoms. The van der Waals surface area contributed by atoms with Crippen LogP contribution < -0.4 is 5.32 Å². The number of carbonyl (C=O) groups is 1. The maximum absolute atomic E-state index is 11.5. The summed E-state index contributed by atoms with van der Waals surface area (Å²) in [5.74, 6) is 0. The summed E-state index contributed by atoms with van der Waals surface area (Å²) in [5, 5.41) is 6.08. The molecular formula is C12H16N4O2. The lowest BCUT2D eigenvalue weighted by Crippen LogP contribution is -2.27. The van der Waals surface area contributed by atoms with Crippen LogP contribution in [0.15, 0.2) is 29.4 Å². The minimum atomic E-state index is -0.535.